The smallest absolute Gasteiger partial charge is 0.462 e. The minimum absolute atomic E-state index is 0.0715. The number of carbonyl (C=O) groups excluding carboxylic acids is 6. The highest BCUT2D eigenvalue weighted by atomic mass is 16.7. The molecule has 1 atom stereocenters. The summed E-state index contributed by atoms with van der Waals surface area (Å²) in [5.74, 6) is -0.911. The lowest BCUT2D eigenvalue weighted by Crippen LogP contribution is -2.34. The Morgan fingerprint density at radius 3 is 1.35 bits per heavy atom. The van der Waals surface area contributed by atoms with Crippen molar-refractivity contribution in [1.82, 2.24) is 0 Å². The molecule has 16 nitrogen and oxygen atoms in total. The van der Waals surface area contributed by atoms with E-state index < -0.39 is 29.7 Å². The van der Waals surface area contributed by atoms with E-state index in [2.05, 4.69) is 25.3 Å². The van der Waals surface area contributed by atoms with Gasteiger partial charge in [-0.2, -0.15) is 0 Å². The first-order valence-corrected chi connectivity index (χ1v) is 25.7. The molecule has 0 heterocycles. The second-order valence-electron chi connectivity index (χ2n) is 19.8. The Bertz CT molecular complexity index is 2220. The molecular weight excluding hydrogens is 917 g/mol. The number of carbonyl (C=O) groups is 6. The van der Waals surface area contributed by atoms with Gasteiger partial charge in [0.15, 0.2) is 6.79 Å². The summed E-state index contributed by atoms with van der Waals surface area (Å²) in [6.07, 6.45) is 13.0. The predicted molar refractivity (Wildman–Crippen MR) is 254 cm³/mol. The molecule has 71 heavy (non-hydrogen) atoms. The third kappa shape index (κ3) is 13.4. The summed E-state index contributed by atoms with van der Waals surface area (Å²) < 4.78 is 57.1. The van der Waals surface area contributed by atoms with E-state index in [1.165, 1.54) is 0 Å². The summed E-state index contributed by atoms with van der Waals surface area (Å²) in [6, 6.07) is 11.5. The quantitative estimate of drug-likeness (QED) is 0.0342. The van der Waals surface area contributed by atoms with Crippen LogP contribution in [0.1, 0.15) is 144 Å². The van der Waals surface area contributed by atoms with Gasteiger partial charge in [0.1, 0.15) is 35.9 Å². The van der Waals surface area contributed by atoms with Crippen LogP contribution in [-0.2, 0) is 75.3 Å². The molecule has 0 radical (unpaired) electrons. The van der Waals surface area contributed by atoms with Gasteiger partial charge in [0, 0.05) is 35.1 Å². The largest absolute Gasteiger partial charge is 0.514 e. The maximum Gasteiger partial charge on any atom is 0.514 e. The third-order valence-corrected chi connectivity index (χ3v) is 15.3. The number of fused-ring (bicyclic) bond motifs is 4. The van der Waals surface area contributed by atoms with Crippen LogP contribution in [0.4, 0.5) is 9.59 Å². The van der Waals surface area contributed by atoms with Gasteiger partial charge in [-0.1, -0.05) is 37.4 Å². The van der Waals surface area contributed by atoms with Crippen molar-refractivity contribution in [2.75, 3.05) is 20.0 Å². The number of hydrogen-bond acceptors (Lipinski definition) is 16. The van der Waals surface area contributed by atoms with Gasteiger partial charge in [-0.3, -0.25) is 9.59 Å². The lowest BCUT2D eigenvalue weighted by atomic mass is 9.76. The molecule has 1 spiro atoms. The Morgan fingerprint density at radius 1 is 0.493 bits per heavy atom. The van der Waals surface area contributed by atoms with Crippen LogP contribution in [0.2, 0.25) is 0 Å². The highest BCUT2D eigenvalue weighted by molar-refractivity contribution is 5.81. The minimum Gasteiger partial charge on any atom is -0.462 e. The molecule has 0 aliphatic heterocycles. The van der Waals surface area contributed by atoms with E-state index in [1.807, 2.05) is 12.1 Å². The fourth-order valence-electron chi connectivity index (χ4n) is 11.5. The van der Waals surface area contributed by atoms with Crippen LogP contribution in [0.25, 0.3) is 0 Å². The normalized spacial score (nSPS) is 27.7. The molecular formula is C55H68O16. The van der Waals surface area contributed by atoms with Crippen molar-refractivity contribution in [2.45, 2.75) is 177 Å². The fourth-order valence-corrected chi connectivity index (χ4v) is 11.5. The molecule has 16 heteroatoms. The van der Waals surface area contributed by atoms with E-state index in [0.29, 0.717) is 114 Å². The second-order valence-corrected chi connectivity index (χ2v) is 19.8. The lowest BCUT2D eigenvalue weighted by molar-refractivity contribution is -0.162. The first-order chi connectivity index (χ1) is 34.5. The Labute approximate surface area is 415 Å². The Kier molecular flexibility index (Phi) is 17.9. The number of rotatable bonds is 18. The number of aryl methyl sites for hydroxylation is 2. The van der Waals surface area contributed by atoms with Gasteiger partial charge in [-0.15, -0.1) is 0 Å². The molecule has 6 aliphatic rings. The highest BCUT2D eigenvalue weighted by Gasteiger charge is 2.49. The van der Waals surface area contributed by atoms with Gasteiger partial charge in [0.2, 0.25) is 0 Å². The van der Waals surface area contributed by atoms with Crippen molar-refractivity contribution in [2.24, 2.45) is 11.8 Å². The molecule has 4 fully saturated rings. The summed E-state index contributed by atoms with van der Waals surface area (Å²) in [4.78, 5) is 75.5. The van der Waals surface area contributed by atoms with Gasteiger partial charge >= 0.3 is 36.2 Å². The standard InChI is InChI=1S/C55H68O16/c1-3-47(56)63-33-7-32-62-39-16-12-37(13-17-39)51(58)66-41-20-24-43(25-21-41)68-53(60)70-45-10-5-8-35-28-30-55(49(35)45)31-29-36-9-6-11-46(50(36)55)71-54(61)69-44-26-22-42(23-27-44)67-52(59)38-14-18-40(19-15-38)64-34-65-48(57)4-2/h3-6,8-11,37-44H,1-2,7,12-34H2. The zero-order chi connectivity index (χ0) is 49.7. The monoisotopic (exact) mass is 984 g/mol. The van der Waals surface area contributed by atoms with Gasteiger partial charge in [-0.05, 0) is 152 Å². The first-order valence-electron chi connectivity index (χ1n) is 25.7. The molecule has 0 bridgehead atoms. The first kappa shape index (κ1) is 51.6. The average molecular weight is 985 g/mol. The molecule has 6 aliphatic carbocycles. The van der Waals surface area contributed by atoms with Crippen molar-refractivity contribution < 1.29 is 76.1 Å². The van der Waals surface area contributed by atoms with Crippen LogP contribution >= 0.6 is 0 Å². The van der Waals surface area contributed by atoms with Crippen LogP contribution in [-0.4, -0.2) is 92.8 Å². The zero-order valence-corrected chi connectivity index (χ0v) is 40.7. The molecule has 384 valence electrons. The van der Waals surface area contributed by atoms with E-state index in [4.69, 9.17) is 47.4 Å². The maximum absolute atomic E-state index is 13.5. The van der Waals surface area contributed by atoms with E-state index in [9.17, 15) is 28.8 Å². The van der Waals surface area contributed by atoms with Crippen LogP contribution in [0.5, 0.6) is 11.5 Å². The second kappa shape index (κ2) is 24.6. The molecule has 0 aromatic heterocycles. The van der Waals surface area contributed by atoms with Crippen molar-refractivity contribution in [1.29, 1.82) is 0 Å². The molecule has 0 amide bonds. The fraction of sp³-hybridized carbons (Fsp3) is 0.600. The highest BCUT2D eigenvalue weighted by Crippen LogP contribution is 2.57. The predicted octanol–water partition coefficient (Wildman–Crippen LogP) is 9.56. The molecule has 8 rings (SSSR count). The Balaban J connectivity index is 0.770. The van der Waals surface area contributed by atoms with Crippen molar-refractivity contribution in [3.63, 3.8) is 0 Å². The molecule has 1 unspecified atom stereocenters. The summed E-state index contributed by atoms with van der Waals surface area (Å²) in [6.45, 7) is 7.38. The molecule has 2 aromatic carbocycles. The van der Waals surface area contributed by atoms with E-state index in [1.54, 1.807) is 12.1 Å². The molecule has 0 N–H and O–H groups in total. The van der Waals surface area contributed by atoms with E-state index in [0.717, 1.165) is 72.9 Å². The van der Waals surface area contributed by atoms with E-state index >= 15 is 0 Å². The van der Waals surface area contributed by atoms with Crippen LogP contribution in [0.15, 0.2) is 61.7 Å². The third-order valence-electron chi connectivity index (χ3n) is 15.3. The summed E-state index contributed by atoms with van der Waals surface area (Å²) in [5.41, 5.74) is 3.39. The van der Waals surface area contributed by atoms with Gasteiger partial charge in [-0.25, -0.2) is 19.2 Å². The average Bonchev–Trinajstić information content (AvgIpc) is 3.96. The van der Waals surface area contributed by atoms with Gasteiger partial charge in [0.25, 0.3) is 0 Å². The number of hydrogen-bond donors (Lipinski definition) is 0. The Morgan fingerprint density at radius 2 is 0.901 bits per heavy atom. The summed E-state index contributed by atoms with van der Waals surface area (Å²) in [7, 11) is 0. The van der Waals surface area contributed by atoms with Crippen molar-refractivity contribution >= 4 is 36.2 Å². The van der Waals surface area contributed by atoms with Crippen LogP contribution in [0.3, 0.4) is 0 Å². The molecule has 4 saturated carbocycles. The molecule has 0 saturated heterocycles. The maximum atomic E-state index is 13.5. The summed E-state index contributed by atoms with van der Waals surface area (Å²) in [5, 5.41) is 0. The van der Waals surface area contributed by atoms with Crippen LogP contribution < -0.4 is 9.47 Å². The number of benzene rings is 2. The molecule has 2 aromatic rings. The zero-order valence-electron chi connectivity index (χ0n) is 40.7. The lowest BCUT2D eigenvalue weighted by Gasteiger charge is -2.32. The number of ether oxygens (including phenoxy) is 10. The van der Waals surface area contributed by atoms with E-state index in [-0.39, 0.29) is 73.8 Å². The van der Waals surface area contributed by atoms with Gasteiger partial charge in [0.05, 0.1) is 37.3 Å². The topological polar surface area (TPSA) is 195 Å². The Hall–Kier alpha value is -5.74. The minimum atomic E-state index is -0.789. The van der Waals surface area contributed by atoms with Crippen molar-refractivity contribution in [3.8, 4) is 11.5 Å². The van der Waals surface area contributed by atoms with Crippen LogP contribution in [0, 0.1) is 11.8 Å². The van der Waals surface area contributed by atoms with Gasteiger partial charge < -0.3 is 47.4 Å². The SMILES string of the molecule is C=CC(=O)OCCCOC1CCC(C(=O)OC2CCC(OC(=O)Oc3cccc4c3C3(CC4)CCc4cccc(OC(=O)OC5CCC(OC(=O)C6CCC(OCOC(=O)C=C)CC6)CC5)c43)CC2)CC1. The van der Waals surface area contributed by atoms with Crippen molar-refractivity contribution in [3.05, 3.63) is 84.0 Å². The number of esters is 4. The summed E-state index contributed by atoms with van der Waals surface area (Å²) >= 11 is 0.